The van der Waals surface area contributed by atoms with Crippen molar-refractivity contribution >= 4 is 0 Å². The van der Waals surface area contributed by atoms with Crippen LogP contribution < -0.4 is 5.73 Å². The molecule has 0 rings (SSSR count). The van der Waals surface area contributed by atoms with E-state index in [0.717, 1.165) is 6.42 Å². The van der Waals surface area contributed by atoms with E-state index in [1.165, 1.54) is 89.9 Å². The summed E-state index contributed by atoms with van der Waals surface area (Å²) in [5.41, 5.74) is 5.30. The van der Waals surface area contributed by atoms with E-state index in [1.807, 2.05) is 0 Å². The molecule has 0 aliphatic heterocycles. The van der Waals surface area contributed by atoms with Gasteiger partial charge in [0.25, 0.3) is 0 Å². The van der Waals surface area contributed by atoms with Crippen molar-refractivity contribution in [3.8, 4) is 0 Å². The first-order valence-electron chi connectivity index (χ1n) is 8.78. The average Bonchev–Trinajstić information content (AvgIpc) is 2.43. The van der Waals surface area contributed by atoms with Crippen LogP contribution in [0, 0.1) is 0 Å². The van der Waals surface area contributed by atoms with E-state index < -0.39 is 0 Å². The van der Waals surface area contributed by atoms with Crippen LogP contribution >= 0.6 is 0 Å². The zero-order valence-electron chi connectivity index (χ0n) is 13.3. The van der Waals surface area contributed by atoms with Gasteiger partial charge < -0.3 is 5.73 Å². The smallest absolute Gasteiger partial charge is 0.0103 e. The van der Waals surface area contributed by atoms with E-state index in [2.05, 4.69) is 13.0 Å². The summed E-state index contributed by atoms with van der Waals surface area (Å²) in [4.78, 5) is 0. The standard InChI is InChI=1S/C18H37N.CH4/c1-2-3-4-5-6-7-8-9-10-11-12-13-14-15-16-17-18-19;/h17-18H,2-16,19H2,1H3;1H4. The molecule has 0 heterocycles. The van der Waals surface area contributed by atoms with Gasteiger partial charge >= 0.3 is 0 Å². The molecule has 122 valence electrons. The lowest BCUT2D eigenvalue weighted by Crippen LogP contribution is -1.83. The van der Waals surface area contributed by atoms with E-state index in [-0.39, 0.29) is 7.43 Å². The SMILES string of the molecule is C.CCCCCCCCCCCCCCCCC=CN. The van der Waals surface area contributed by atoms with Crippen molar-refractivity contribution in [3.05, 3.63) is 12.3 Å². The Labute approximate surface area is 129 Å². The quantitative estimate of drug-likeness (QED) is 0.323. The maximum atomic E-state index is 5.30. The molecule has 0 amide bonds. The maximum absolute atomic E-state index is 5.30. The number of hydrogen-bond acceptors (Lipinski definition) is 1. The fraction of sp³-hybridized carbons (Fsp3) is 0.895. The molecule has 1 nitrogen and oxygen atoms in total. The lowest BCUT2D eigenvalue weighted by atomic mass is 10.0. The van der Waals surface area contributed by atoms with Gasteiger partial charge in [0, 0.05) is 0 Å². The maximum Gasteiger partial charge on any atom is -0.0103 e. The molecule has 0 aliphatic carbocycles. The molecule has 0 fully saturated rings. The number of nitrogens with two attached hydrogens (primary N) is 1. The molecule has 0 aromatic carbocycles. The summed E-state index contributed by atoms with van der Waals surface area (Å²) in [6, 6.07) is 0. The fourth-order valence-corrected chi connectivity index (χ4v) is 2.55. The van der Waals surface area contributed by atoms with Crippen LogP contribution in [0.15, 0.2) is 12.3 Å². The molecule has 0 aromatic rings. The van der Waals surface area contributed by atoms with Crippen molar-refractivity contribution < 1.29 is 0 Å². The molecule has 0 bridgehead atoms. The predicted molar refractivity (Wildman–Crippen MR) is 95.0 cm³/mol. The first-order chi connectivity index (χ1) is 9.41. The summed E-state index contributed by atoms with van der Waals surface area (Å²) in [7, 11) is 0. The molecule has 0 aliphatic rings. The van der Waals surface area contributed by atoms with Crippen LogP contribution in [0.1, 0.15) is 111 Å². The number of rotatable bonds is 15. The summed E-state index contributed by atoms with van der Waals surface area (Å²) in [5, 5.41) is 0. The highest BCUT2D eigenvalue weighted by atomic mass is 14.5. The second-order valence-electron chi connectivity index (χ2n) is 5.81. The number of unbranched alkanes of at least 4 members (excludes halogenated alkanes) is 14. The van der Waals surface area contributed by atoms with E-state index in [4.69, 9.17) is 5.73 Å². The van der Waals surface area contributed by atoms with Gasteiger partial charge in [-0.1, -0.05) is 104 Å². The number of hydrogen-bond donors (Lipinski definition) is 1. The van der Waals surface area contributed by atoms with Gasteiger partial charge in [-0.15, -0.1) is 0 Å². The zero-order valence-corrected chi connectivity index (χ0v) is 13.3. The van der Waals surface area contributed by atoms with Gasteiger partial charge in [0.15, 0.2) is 0 Å². The topological polar surface area (TPSA) is 26.0 Å². The Kier molecular flexibility index (Phi) is 22.8. The third-order valence-corrected chi connectivity index (χ3v) is 3.86. The minimum atomic E-state index is 0. The van der Waals surface area contributed by atoms with E-state index in [1.54, 1.807) is 6.20 Å². The molecule has 1 heteroatoms. The van der Waals surface area contributed by atoms with Crippen LogP contribution in [-0.2, 0) is 0 Å². The Hall–Kier alpha value is -0.460. The molecule has 0 spiro atoms. The first kappa shape index (κ1) is 21.8. The predicted octanol–water partition coefficient (Wildman–Crippen LogP) is 6.97. The van der Waals surface area contributed by atoms with Crippen molar-refractivity contribution in [2.24, 2.45) is 5.73 Å². The zero-order chi connectivity index (χ0) is 14.0. The van der Waals surface area contributed by atoms with Crippen LogP contribution in [0.3, 0.4) is 0 Å². The van der Waals surface area contributed by atoms with Gasteiger partial charge in [0.1, 0.15) is 0 Å². The fourth-order valence-electron chi connectivity index (χ4n) is 2.55. The summed E-state index contributed by atoms with van der Waals surface area (Å²) in [5.74, 6) is 0. The Morgan fingerprint density at radius 2 is 0.950 bits per heavy atom. The van der Waals surface area contributed by atoms with Gasteiger partial charge in [-0.05, 0) is 19.0 Å². The second kappa shape index (κ2) is 20.8. The van der Waals surface area contributed by atoms with Crippen LogP contribution in [0.2, 0.25) is 0 Å². The molecular formula is C19H41N. The molecule has 0 unspecified atom stereocenters. The molecule has 0 saturated carbocycles. The molecule has 0 saturated heterocycles. The molecule has 2 N–H and O–H groups in total. The third kappa shape index (κ3) is 19.9. The van der Waals surface area contributed by atoms with E-state index >= 15 is 0 Å². The van der Waals surface area contributed by atoms with Gasteiger partial charge in [-0.25, -0.2) is 0 Å². The van der Waals surface area contributed by atoms with E-state index in [0.29, 0.717) is 0 Å². The van der Waals surface area contributed by atoms with Crippen LogP contribution in [0.5, 0.6) is 0 Å². The van der Waals surface area contributed by atoms with Crippen molar-refractivity contribution in [3.63, 3.8) is 0 Å². The second-order valence-corrected chi connectivity index (χ2v) is 5.81. The highest BCUT2D eigenvalue weighted by Crippen LogP contribution is 2.13. The lowest BCUT2D eigenvalue weighted by molar-refractivity contribution is 0.536. The summed E-state index contributed by atoms with van der Waals surface area (Å²) >= 11 is 0. The van der Waals surface area contributed by atoms with Crippen molar-refractivity contribution in [1.82, 2.24) is 0 Å². The Balaban J connectivity index is 0. The summed E-state index contributed by atoms with van der Waals surface area (Å²) in [6.45, 7) is 2.29. The largest absolute Gasteiger partial charge is 0.405 e. The van der Waals surface area contributed by atoms with Gasteiger partial charge in [0.05, 0.1) is 0 Å². The molecular weight excluding hydrogens is 242 g/mol. The molecule has 0 aromatic heterocycles. The van der Waals surface area contributed by atoms with Crippen molar-refractivity contribution in [2.45, 2.75) is 111 Å². The van der Waals surface area contributed by atoms with Crippen molar-refractivity contribution in [2.75, 3.05) is 0 Å². The Bertz CT molecular complexity index is 175. The molecule has 0 radical (unpaired) electrons. The van der Waals surface area contributed by atoms with Crippen molar-refractivity contribution in [1.29, 1.82) is 0 Å². The minimum Gasteiger partial charge on any atom is -0.405 e. The first-order valence-corrected chi connectivity index (χ1v) is 8.78. The Morgan fingerprint density at radius 1 is 0.600 bits per heavy atom. The van der Waals surface area contributed by atoms with Crippen LogP contribution in [0.25, 0.3) is 0 Å². The van der Waals surface area contributed by atoms with Gasteiger partial charge in [-0.2, -0.15) is 0 Å². The normalized spacial score (nSPS) is 10.8. The van der Waals surface area contributed by atoms with Gasteiger partial charge in [0.2, 0.25) is 0 Å². The molecule has 20 heavy (non-hydrogen) atoms. The monoisotopic (exact) mass is 283 g/mol. The highest BCUT2D eigenvalue weighted by molar-refractivity contribution is 4.74. The highest BCUT2D eigenvalue weighted by Gasteiger charge is 1.93. The van der Waals surface area contributed by atoms with Crippen LogP contribution in [0.4, 0.5) is 0 Å². The number of allylic oxidation sites excluding steroid dienone is 1. The van der Waals surface area contributed by atoms with Gasteiger partial charge in [-0.3, -0.25) is 0 Å². The molecule has 0 atom stereocenters. The minimum absolute atomic E-state index is 0. The average molecular weight is 284 g/mol. The summed E-state index contributed by atoms with van der Waals surface area (Å²) < 4.78 is 0. The van der Waals surface area contributed by atoms with E-state index in [9.17, 15) is 0 Å². The summed E-state index contributed by atoms with van der Waals surface area (Å²) in [6.07, 6.45) is 24.9. The lowest BCUT2D eigenvalue weighted by Gasteiger charge is -2.02. The van der Waals surface area contributed by atoms with Crippen LogP contribution in [-0.4, -0.2) is 0 Å². The Morgan fingerprint density at radius 3 is 1.30 bits per heavy atom. The third-order valence-electron chi connectivity index (χ3n) is 3.86.